The van der Waals surface area contributed by atoms with Crippen LogP contribution in [0, 0.1) is 16.0 Å². The van der Waals surface area contributed by atoms with Gasteiger partial charge in [-0.2, -0.15) is 0 Å². The predicted molar refractivity (Wildman–Crippen MR) is 80.4 cm³/mol. The van der Waals surface area contributed by atoms with Crippen molar-refractivity contribution in [2.45, 2.75) is 25.7 Å². The van der Waals surface area contributed by atoms with E-state index in [1.807, 2.05) is 4.90 Å². The van der Waals surface area contributed by atoms with Crippen LogP contribution < -0.4 is 4.90 Å². The van der Waals surface area contributed by atoms with Gasteiger partial charge in [0.15, 0.2) is 0 Å². The van der Waals surface area contributed by atoms with Gasteiger partial charge in [-0.05, 0) is 41.1 Å². The summed E-state index contributed by atoms with van der Waals surface area (Å²) in [5, 5.41) is 19.8. The number of carbonyl (C=O) groups is 1. The lowest BCUT2D eigenvalue weighted by atomic mass is 9.92. The zero-order valence-electron chi connectivity index (χ0n) is 11.4. The van der Waals surface area contributed by atoms with Gasteiger partial charge in [0.05, 0.1) is 9.40 Å². The monoisotopic (exact) mass is 357 g/mol. The molecular formula is C13H16BrN3O4. The number of halogens is 1. The van der Waals surface area contributed by atoms with Crippen LogP contribution in [0.3, 0.4) is 0 Å². The van der Waals surface area contributed by atoms with Crippen LogP contribution in [-0.4, -0.2) is 34.1 Å². The minimum absolute atomic E-state index is 0.00615. The molecule has 0 radical (unpaired) electrons. The Labute approximate surface area is 130 Å². The summed E-state index contributed by atoms with van der Waals surface area (Å²) in [5.41, 5.74) is 0.556. The Morgan fingerprint density at radius 1 is 1.48 bits per heavy atom. The van der Waals surface area contributed by atoms with Gasteiger partial charge in [0.25, 0.3) is 0 Å². The number of aromatic nitrogens is 1. The normalized spacial score (nSPS) is 16.0. The molecular weight excluding hydrogens is 342 g/mol. The zero-order chi connectivity index (χ0) is 15.4. The van der Waals surface area contributed by atoms with Crippen LogP contribution in [0.5, 0.6) is 0 Å². The van der Waals surface area contributed by atoms with Gasteiger partial charge in [-0.1, -0.05) is 0 Å². The van der Waals surface area contributed by atoms with Gasteiger partial charge < -0.3 is 10.0 Å². The van der Waals surface area contributed by atoms with Crippen molar-refractivity contribution in [1.82, 2.24) is 4.98 Å². The third-order valence-corrected chi connectivity index (χ3v) is 4.33. The third kappa shape index (κ3) is 3.90. The number of nitro groups is 1. The summed E-state index contributed by atoms with van der Waals surface area (Å²) in [6.45, 7) is 1.38. The summed E-state index contributed by atoms with van der Waals surface area (Å²) >= 11 is 3.33. The first-order valence-electron chi connectivity index (χ1n) is 6.73. The number of piperidine rings is 1. The van der Waals surface area contributed by atoms with Crippen molar-refractivity contribution in [3.63, 3.8) is 0 Å². The van der Waals surface area contributed by atoms with Crippen molar-refractivity contribution in [2.75, 3.05) is 18.0 Å². The highest BCUT2D eigenvalue weighted by molar-refractivity contribution is 9.10. The van der Waals surface area contributed by atoms with E-state index in [0.29, 0.717) is 35.6 Å². The van der Waals surface area contributed by atoms with Crippen LogP contribution in [-0.2, 0) is 4.79 Å². The Morgan fingerprint density at radius 3 is 2.71 bits per heavy atom. The minimum atomic E-state index is -0.773. The van der Waals surface area contributed by atoms with Gasteiger partial charge in [-0.25, -0.2) is 0 Å². The first-order valence-corrected chi connectivity index (χ1v) is 7.53. The maximum absolute atomic E-state index is 11.1. The molecule has 1 aromatic rings. The number of carboxylic acids is 1. The van der Waals surface area contributed by atoms with Crippen LogP contribution >= 0.6 is 15.9 Å². The highest BCUT2D eigenvalue weighted by atomic mass is 79.9. The number of carboxylic acid groups (broad SMARTS) is 1. The van der Waals surface area contributed by atoms with Gasteiger partial charge in [0.2, 0.25) is 0 Å². The fourth-order valence-corrected chi connectivity index (χ4v) is 3.21. The lowest BCUT2D eigenvalue weighted by Gasteiger charge is -2.33. The van der Waals surface area contributed by atoms with E-state index in [4.69, 9.17) is 5.11 Å². The fourth-order valence-electron chi connectivity index (χ4n) is 2.64. The smallest absolute Gasteiger partial charge is 0.311 e. The minimum Gasteiger partial charge on any atom is -0.481 e. The lowest BCUT2D eigenvalue weighted by Crippen LogP contribution is -2.34. The largest absolute Gasteiger partial charge is 0.481 e. The van der Waals surface area contributed by atoms with Gasteiger partial charge in [-0.3, -0.25) is 19.9 Å². The molecule has 8 heteroatoms. The van der Waals surface area contributed by atoms with Crippen LogP contribution in [0.25, 0.3) is 0 Å². The molecule has 0 bridgehead atoms. The van der Waals surface area contributed by atoms with E-state index in [-0.39, 0.29) is 12.1 Å². The van der Waals surface area contributed by atoms with Crippen molar-refractivity contribution in [3.8, 4) is 0 Å². The van der Waals surface area contributed by atoms with E-state index in [1.165, 1.54) is 6.20 Å². The second-order valence-electron chi connectivity index (χ2n) is 5.11. The highest BCUT2D eigenvalue weighted by Crippen LogP contribution is 2.37. The number of rotatable bonds is 5. The molecule has 0 atom stereocenters. The quantitative estimate of drug-likeness (QED) is 0.642. The molecule has 0 unspecified atom stereocenters. The Bertz CT molecular complexity index is 544. The average Bonchev–Trinajstić information content (AvgIpc) is 2.45. The third-order valence-electron chi connectivity index (χ3n) is 3.75. The summed E-state index contributed by atoms with van der Waals surface area (Å²) < 4.78 is 0.612. The molecule has 0 amide bonds. The number of hydrogen-bond donors (Lipinski definition) is 1. The van der Waals surface area contributed by atoms with Crippen LogP contribution in [0.15, 0.2) is 16.9 Å². The second kappa shape index (κ2) is 6.84. The van der Waals surface area contributed by atoms with Crippen molar-refractivity contribution in [1.29, 1.82) is 0 Å². The number of nitrogens with zero attached hydrogens (tertiary/aromatic N) is 3. The average molecular weight is 358 g/mol. The molecule has 1 aliphatic rings. The lowest BCUT2D eigenvalue weighted by molar-refractivity contribution is -0.384. The molecule has 1 aliphatic heterocycles. The first-order chi connectivity index (χ1) is 9.99. The fraction of sp³-hybridized carbons (Fsp3) is 0.538. The Hall–Kier alpha value is -1.70. The maximum Gasteiger partial charge on any atom is 0.311 e. The Kier molecular flexibility index (Phi) is 5.11. The molecule has 7 nitrogen and oxygen atoms in total. The molecule has 1 saturated heterocycles. The predicted octanol–water partition coefficient (Wildman–Crippen LogP) is 2.83. The topological polar surface area (TPSA) is 96.6 Å². The molecule has 0 aromatic carbocycles. The molecule has 2 heterocycles. The van der Waals surface area contributed by atoms with Crippen LogP contribution in [0.4, 0.5) is 11.4 Å². The van der Waals surface area contributed by atoms with E-state index in [1.54, 1.807) is 6.20 Å². The van der Waals surface area contributed by atoms with E-state index in [9.17, 15) is 14.9 Å². The summed E-state index contributed by atoms with van der Waals surface area (Å²) in [6, 6.07) is 0. The SMILES string of the molecule is O=C(O)CCC1CCN(c2c(Br)cncc2[N+](=O)[O-])CC1. The van der Waals surface area contributed by atoms with Gasteiger partial charge >= 0.3 is 11.7 Å². The Balaban J connectivity index is 2.06. The van der Waals surface area contributed by atoms with Crippen molar-refractivity contribution < 1.29 is 14.8 Å². The summed E-state index contributed by atoms with van der Waals surface area (Å²) in [4.78, 5) is 27.1. The molecule has 21 heavy (non-hydrogen) atoms. The highest BCUT2D eigenvalue weighted by Gasteiger charge is 2.27. The molecule has 1 aromatic heterocycles. The molecule has 0 spiro atoms. The number of aliphatic carboxylic acids is 1. The first kappa shape index (κ1) is 15.7. The summed E-state index contributed by atoms with van der Waals surface area (Å²) in [6.07, 6.45) is 5.36. The molecule has 1 N–H and O–H groups in total. The number of pyridine rings is 1. The van der Waals surface area contributed by atoms with E-state index in [2.05, 4.69) is 20.9 Å². The standard InChI is InChI=1S/C13H16BrN3O4/c14-10-7-15-8-11(17(20)21)13(10)16-5-3-9(4-6-16)1-2-12(18)19/h7-9H,1-6H2,(H,18,19). The van der Waals surface area contributed by atoms with Crippen LogP contribution in [0.2, 0.25) is 0 Å². The molecule has 0 saturated carbocycles. The van der Waals surface area contributed by atoms with Crippen LogP contribution in [0.1, 0.15) is 25.7 Å². The molecule has 1 fully saturated rings. The van der Waals surface area contributed by atoms with Gasteiger partial charge in [-0.15, -0.1) is 0 Å². The Morgan fingerprint density at radius 2 is 2.14 bits per heavy atom. The molecule has 0 aliphatic carbocycles. The summed E-state index contributed by atoms with van der Waals surface area (Å²) in [5.74, 6) is -0.401. The van der Waals surface area contributed by atoms with Crippen molar-refractivity contribution in [3.05, 3.63) is 27.0 Å². The van der Waals surface area contributed by atoms with Gasteiger partial charge in [0.1, 0.15) is 11.9 Å². The molecule has 2 rings (SSSR count). The number of anilines is 1. The van der Waals surface area contributed by atoms with Crippen molar-refractivity contribution in [2.24, 2.45) is 5.92 Å². The zero-order valence-corrected chi connectivity index (χ0v) is 13.0. The van der Waals surface area contributed by atoms with E-state index in [0.717, 1.165) is 12.8 Å². The van der Waals surface area contributed by atoms with E-state index >= 15 is 0 Å². The maximum atomic E-state index is 11.1. The summed E-state index contributed by atoms with van der Waals surface area (Å²) in [7, 11) is 0. The van der Waals surface area contributed by atoms with E-state index < -0.39 is 10.9 Å². The van der Waals surface area contributed by atoms with Crippen molar-refractivity contribution >= 4 is 33.3 Å². The second-order valence-corrected chi connectivity index (χ2v) is 5.96. The molecule has 114 valence electrons. The van der Waals surface area contributed by atoms with Gasteiger partial charge in [0, 0.05) is 25.7 Å². The number of hydrogen-bond acceptors (Lipinski definition) is 5.